The Morgan fingerprint density at radius 1 is 1.03 bits per heavy atom. The molecule has 1 heterocycles. The minimum absolute atomic E-state index is 0.0128. The lowest BCUT2D eigenvalue weighted by atomic mass is 10.1. The molecule has 9 heteroatoms. The number of carbonyl (C=O) groups is 1. The molecule has 4 aromatic rings. The fraction of sp³-hybridized carbons (Fsp3) is 0.0833. The maximum atomic E-state index is 13.0. The Morgan fingerprint density at radius 2 is 1.79 bits per heavy atom. The van der Waals surface area contributed by atoms with E-state index in [9.17, 15) is 19.3 Å². The smallest absolute Gasteiger partial charge is 0.269 e. The van der Waals surface area contributed by atoms with Crippen LogP contribution in [-0.4, -0.2) is 20.6 Å². The molecule has 0 saturated heterocycles. The van der Waals surface area contributed by atoms with Crippen molar-refractivity contribution in [3.8, 4) is 5.75 Å². The maximum Gasteiger partial charge on any atom is 0.269 e. The quantitative estimate of drug-likeness (QED) is 0.309. The monoisotopic (exact) mass is 446 g/mol. The molecule has 166 valence electrons. The van der Waals surface area contributed by atoms with Gasteiger partial charge in [-0.25, -0.2) is 4.39 Å². The first kappa shape index (κ1) is 21.7. The standard InChI is InChI=1S/C24H19FN4O4/c25-20-6-4-17(5-7-20)15-28-13-12-23(27-28)26-24(30)19-3-1-2-18(14-19)16-33-22-10-8-21(9-11-22)29(31)32/h1-14H,15-16H2,(H,26,27,30). The van der Waals surface area contributed by atoms with Gasteiger partial charge in [-0.1, -0.05) is 24.3 Å². The molecule has 1 aromatic heterocycles. The predicted octanol–water partition coefficient (Wildman–Crippen LogP) is 4.81. The highest BCUT2D eigenvalue weighted by Gasteiger charge is 2.10. The second-order valence-electron chi connectivity index (χ2n) is 7.22. The van der Waals surface area contributed by atoms with Gasteiger partial charge in [0.1, 0.15) is 18.2 Å². The van der Waals surface area contributed by atoms with Crippen LogP contribution in [0.2, 0.25) is 0 Å². The van der Waals surface area contributed by atoms with Crippen molar-refractivity contribution in [3.05, 3.63) is 118 Å². The Kier molecular flexibility index (Phi) is 6.40. The number of non-ortho nitro benzene ring substituents is 1. The summed E-state index contributed by atoms with van der Waals surface area (Å²) in [5.74, 6) is 0.267. The number of carbonyl (C=O) groups excluding carboxylic acids is 1. The van der Waals surface area contributed by atoms with Gasteiger partial charge in [-0.2, -0.15) is 5.10 Å². The molecule has 0 atom stereocenters. The van der Waals surface area contributed by atoms with E-state index in [-0.39, 0.29) is 24.0 Å². The Morgan fingerprint density at radius 3 is 2.52 bits per heavy atom. The van der Waals surface area contributed by atoms with Crippen LogP contribution in [0.5, 0.6) is 5.75 Å². The predicted molar refractivity (Wildman–Crippen MR) is 120 cm³/mol. The number of hydrogen-bond donors (Lipinski definition) is 1. The summed E-state index contributed by atoms with van der Waals surface area (Å²) in [5, 5.41) is 17.8. The second kappa shape index (κ2) is 9.73. The lowest BCUT2D eigenvalue weighted by Crippen LogP contribution is -2.13. The first-order chi connectivity index (χ1) is 16.0. The Balaban J connectivity index is 1.35. The van der Waals surface area contributed by atoms with Crippen LogP contribution in [0, 0.1) is 15.9 Å². The number of ether oxygens (including phenoxy) is 1. The molecule has 3 aromatic carbocycles. The SMILES string of the molecule is O=C(Nc1ccn(Cc2ccc(F)cc2)n1)c1cccc(COc2ccc([N+](=O)[O-])cc2)c1. The minimum Gasteiger partial charge on any atom is -0.489 e. The average molecular weight is 446 g/mol. The lowest BCUT2D eigenvalue weighted by molar-refractivity contribution is -0.384. The van der Waals surface area contributed by atoms with Gasteiger partial charge in [-0.15, -0.1) is 0 Å². The first-order valence-corrected chi connectivity index (χ1v) is 10.0. The molecule has 0 fully saturated rings. The summed E-state index contributed by atoms with van der Waals surface area (Å²) in [4.78, 5) is 22.9. The molecule has 0 spiro atoms. The van der Waals surface area contributed by atoms with Crippen LogP contribution < -0.4 is 10.1 Å². The summed E-state index contributed by atoms with van der Waals surface area (Å²) in [6.07, 6.45) is 1.73. The zero-order valence-electron chi connectivity index (χ0n) is 17.3. The number of anilines is 1. The number of amides is 1. The number of nitro groups is 1. The normalized spacial score (nSPS) is 10.6. The summed E-state index contributed by atoms with van der Waals surface area (Å²) in [6.45, 7) is 0.650. The van der Waals surface area contributed by atoms with Crippen molar-refractivity contribution in [2.75, 3.05) is 5.32 Å². The van der Waals surface area contributed by atoms with Crippen LogP contribution in [0.15, 0.2) is 85.1 Å². The second-order valence-corrected chi connectivity index (χ2v) is 7.22. The zero-order valence-corrected chi connectivity index (χ0v) is 17.3. The number of nitrogens with zero attached hydrogens (tertiary/aromatic N) is 3. The highest BCUT2D eigenvalue weighted by atomic mass is 19.1. The molecule has 0 radical (unpaired) electrons. The fourth-order valence-electron chi connectivity index (χ4n) is 3.11. The molecule has 0 aliphatic carbocycles. The largest absolute Gasteiger partial charge is 0.489 e. The van der Waals surface area contributed by atoms with Crippen LogP contribution in [0.3, 0.4) is 0 Å². The van der Waals surface area contributed by atoms with E-state index < -0.39 is 4.92 Å². The van der Waals surface area contributed by atoms with Crippen molar-refractivity contribution < 1.29 is 18.8 Å². The van der Waals surface area contributed by atoms with Gasteiger partial charge in [-0.3, -0.25) is 19.6 Å². The van der Waals surface area contributed by atoms with Crippen molar-refractivity contribution >= 4 is 17.4 Å². The lowest BCUT2D eigenvalue weighted by Gasteiger charge is -2.08. The molecule has 0 unspecified atom stereocenters. The average Bonchev–Trinajstić information content (AvgIpc) is 3.26. The van der Waals surface area contributed by atoms with Crippen LogP contribution in [-0.2, 0) is 13.2 Å². The maximum absolute atomic E-state index is 13.0. The molecule has 33 heavy (non-hydrogen) atoms. The van der Waals surface area contributed by atoms with Crippen LogP contribution in [0.1, 0.15) is 21.5 Å². The fourth-order valence-corrected chi connectivity index (χ4v) is 3.11. The van der Waals surface area contributed by atoms with Gasteiger partial charge in [0.15, 0.2) is 5.82 Å². The zero-order chi connectivity index (χ0) is 23.2. The first-order valence-electron chi connectivity index (χ1n) is 10.0. The van der Waals surface area contributed by atoms with Gasteiger partial charge in [0.2, 0.25) is 0 Å². The topological polar surface area (TPSA) is 99.3 Å². The van der Waals surface area contributed by atoms with E-state index in [0.717, 1.165) is 11.1 Å². The number of halogens is 1. The summed E-state index contributed by atoms with van der Waals surface area (Å²) < 4.78 is 20.3. The van der Waals surface area contributed by atoms with Crippen LogP contribution in [0.4, 0.5) is 15.9 Å². The molecular weight excluding hydrogens is 427 g/mol. The van der Waals surface area contributed by atoms with E-state index in [1.54, 1.807) is 47.3 Å². The Bertz CT molecular complexity index is 1270. The number of aromatic nitrogens is 2. The molecule has 0 bridgehead atoms. The van der Waals surface area contributed by atoms with E-state index in [4.69, 9.17) is 4.74 Å². The highest BCUT2D eigenvalue weighted by molar-refractivity contribution is 6.03. The number of rotatable bonds is 8. The van der Waals surface area contributed by atoms with Gasteiger partial charge in [0.05, 0.1) is 11.5 Å². The summed E-state index contributed by atoms with van der Waals surface area (Å²) >= 11 is 0. The van der Waals surface area contributed by atoms with Crippen LogP contribution in [0.25, 0.3) is 0 Å². The Labute approximate surface area is 188 Å². The number of nitro benzene ring substituents is 1. The van der Waals surface area contributed by atoms with Crippen molar-refractivity contribution in [2.24, 2.45) is 0 Å². The van der Waals surface area contributed by atoms with Crippen molar-refractivity contribution in [2.45, 2.75) is 13.2 Å². The molecule has 8 nitrogen and oxygen atoms in total. The van der Waals surface area contributed by atoms with Gasteiger partial charge in [0, 0.05) is 30.0 Å². The molecule has 0 aliphatic heterocycles. The molecule has 1 N–H and O–H groups in total. The summed E-state index contributed by atoms with van der Waals surface area (Å²) in [7, 11) is 0. The van der Waals surface area contributed by atoms with Crippen LogP contribution >= 0.6 is 0 Å². The number of benzene rings is 3. The Hall–Kier alpha value is -4.53. The van der Waals surface area contributed by atoms with E-state index in [2.05, 4.69) is 10.4 Å². The van der Waals surface area contributed by atoms with E-state index >= 15 is 0 Å². The van der Waals surface area contributed by atoms with E-state index in [1.165, 1.54) is 36.4 Å². The van der Waals surface area contributed by atoms with Crippen molar-refractivity contribution in [1.82, 2.24) is 9.78 Å². The van der Waals surface area contributed by atoms with Crippen molar-refractivity contribution in [3.63, 3.8) is 0 Å². The third-order valence-electron chi connectivity index (χ3n) is 4.78. The molecule has 0 aliphatic rings. The molecular formula is C24H19FN4O4. The van der Waals surface area contributed by atoms with E-state index in [1.807, 2.05) is 6.07 Å². The third kappa shape index (κ3) is 5.79. The van der Waals surface area contributed by atoms with Gasteiger partial charge in [-0.05, 0) is 47.5 Å². The number of hydrogen-bond acceptors (Lipinski definition) is 5. The highest BCUT2D eigenvalue weighted by Crippen LogP contribution is 2.19. The van der Waals surface area contributed by atoms with Crippen molar-refractivity contribution in [1.29, 1.82) is 0 Å². The third-order valence-corrected chi connectivity index (χ3v) is 4.78. The van der Waals surface area contributed by atoms with Gasteiger partial charge in [0.25, 0.3) is 11.6 Å². The summed E-state index contributed by atoms with van der Waals surface area (Å²) in [5.41, 5.74) is 2.08. The number of nitrogens with one attached hydrogen (secondary N) is 1. The van der Waals surface area contributed by atoms with E-state index in [0.29, 0.717) is 23.7 Å². The minimum atomic E-state index is -0.474. The molecule has 1 amide bonds. The van der Waals surface area contributed by atoms with Gasteiger partial charge < -0.3 is 10.1 Å². The molecule has 0 saturated carbocycles. The summed E-state index contributed by atoms with van der Waals surface area (Å²) in [6, 6.07) is 20.6. The van der Waals surface area contributed by atoms with Gasteiger partial charge >= 0.3 is 0 Å². The molecule has 4 rings (SSSR count).